The standard InChI is InChI=1S/C27H23ClN2O5/c1-3-17-8-7-9-20(16-17)35-27(33)18-12-14-19(15-13-18)29-24-23(28)25(31)30(26(24)32)21-10-5-6-11-22(21)34-4-2/h5-16,29H,3-4H2,1-2H3. The van der Waals surface area contributed by atoms with Crippen molar-refractivity contribution in [2.75, 3.05) is 16.8 Å². The number of hydrogen-bond acceptors (Lipinski definition) is 6. The summed E-state index contributed by atoms with van der Waals surface area (Å²) in [7, 11) is 0. The highest BCUT2D eigenvalue weighted by molar-refractivity contribution is 6.53. The van der Waals surface area contributed by atoms with Gasteiger partial charge < -0.3 is 14.8 Å². The van der Waals surface area contributed by atoms with E-state index in [0.29, 0.717) is 35.0 Å². The molecule has 0 fully saturated rings. The van der Waals surface area contributed by atoms with Crippen molar-refractivity contribution in [2.24, 2.45) is 0 Å². The molecule has 0 saturated carbocycles. The van der Waals surface area contributed by atoms with Crippen LogP contribution in [0.1, 0.15) is 29.8 Å². The van der Waals surface area contributed by atoms with E-state index in [-0.39, 0.29) is 10.7 Å². The number of imide groups is 1. The second-order valence-corrected chi connectivity index (χ2v) is 8.01. The third-order valence-corrected chi connectivity index (χ3v) is 5.69. The number of nitrogens with one attached hydrogen (secondary N) is 1. The van der Waals surface area contributed by atoms with Crippen molar-refractivity contribution in [1.29, 1.82) is 0 Å². The Morgan fingerprint density at radius 1 is 0.943 bits per heavy atom. The summed E-state index contributed by atoms with van der Waals surface area (Å²) in [6.07, 6.45) is 0.833. The first-order valence-electron chi connectivity index (χ1n) is 11.1. The number of hydrogen-bond donors (Lipinski definition) is 1. The maximum absolute atomic E-state index is 13.1. The molecule has 178 valence electrons. The van der Waals surface area contributed by atoms with Gasteiger partial charge in [0.1, 0.15) is 22.2 Å². The number of esters is 1. The van der Waals surface area contributed by atoms with Crippen molar-refractivity contribution < 1.29 is 23.9 Å². The van der Waals surface area contributed by atoms with Crippen molar-refractivity contribution in [1.82, 2.24) is 0 Å². The van der Waals surface area contributed by atoms with Crippen LogP contribution in [0.2, 0.25) is 0 Å². The fourth-order valence-corrected chi connectivity index (χ4v) is 3.79. The molecule has 0 bridgehead atoms. The molecule has 4 rings (SSSR count). The molecule has 2 amide bonds. The first-order valence-corrected chi connectivity index (χ1v) is 11.5. The lowest BCUT2D eigenvalue weighted by atomic mass is 10.1. The molecule has 3 aromatic carbocycles. The predicted octanol–water partition coefficient (Wildman–Crippen LogP) is 5.30. The Kier molecular flexibility index (Phi) is 7.17. The number of carbonyl (C=O) groups is 3. The average molecular weight is 491 g/mol. The molecule has 0 radical (unpaired) electrons. The summed E-state index contributed by atoms with van der Waals surface area (Å²) >= 11 is 6.23. The molecule has 7 nitrogen and oxygen atoms in total. The van der Waals surface area contributed by atoms with Gasteiger partial charge >= 0.3 is 5.97 Å². The first kappa shape index (κ1) is 24.0. The van der Waals surface area contributed by atoms with Crippen molar-refractivity contribution >= 4 is 40.8 Å². The molecule has 35 heavy (non-hydrogen) atoms. The predicted molar refractivity (Wildman–Crippen MR) is 134 cm³/mol. The molecule has 8 heteroatoms. The van der Waals surface area contributed by atoms with E-state index in [0.717, 1.165) is 16.9 Å². The van der Waals surface area contributed by atoms with Crippen LogP contribution >= 0.6 is 11.6 Å². The van der Waals surface area contributed by atoms with Gasteiger partial charge in [0, 0.05) is 5.69 Å². The number of carbonyl (C=O) groups excluding carboxylic acids is 3. The van der Waals surface area contributed by atoms with Gasteiger partial charge in [0.25, 0.3) is 11.8 Å². The molecule has 0 aliphatic carbocycles. The van der Waals surface area contributed by atoms with Gasteiger partial charge in [0.05, 0.1) is 17.9 Å². The van der Waals surface area contributed by atoms with Crippen LogP contribution in [-0.4, -0.2) is 24.4 Å². The van der Waals surface area contributed by atoms with Crippen LogP contribution in [0.4, 0.5) is 11.4 Å². The lowest BCUT2D eigenvalue weighted by Crippen LogP contribution is -2.32. The molecule has 0 unspecified atom stereocenters. The molecule has 0 aromatic heterocycles. The van der Waals surface area contributed by atoms with Crippen LogP contribution in [-0.2, 0) is 16.0 Å². The SMILES string of the molecule is CCOc1ccccc1N1C(=O)C(Cl)=C(Nc2ccc(C(=O)Oc3cccc(CC)c3)cc2)C1=O. The Bertz CT molecular complexity index is 1320. The van der Waals surface area contributed by atoms with Crippen LogP contribution in [0.15, 0.2) is 83.5 Å². The molecule has 1 heterocycles. The van der Waals surface area contributed by atoms with Crippen molar-refractivity contribution in [2.45, 2.75) is 20.3 Å². The number of nitrogens with zero attached hydrogens (tertiary/aromatic N) is 1. The van der Waals surface area contributed by atoms with Gasteiger partial charge in [-0.15, -0.1) is 0 Å². The molecular weight excluding hydrogens is 468 g/mol. The molecule has 1 aliphatic rings. The van der Waals surface area contributed by atoms with Gasteiger partial charge in [-0.25, -0.2) is 9.69 Å². The lowest BCUT2D eigenvalue weighted by molar-refractivity contribution is -0.120. The summed E-state index contributed by atoms with van der Waals surface area (Å²) in [4.78, 5) is 39.4. The fourth-order valence-electron chi connectivity index (χ4n) is 3.58. The monoisotopic (exact) mass is 490 g/mol. The summed E-state index contributed by atoms with van der Waals surface area (Å²) in [5.41, 5.74) is 2.12. The second-order valence-electron chi connectivity index (χ2n) is 7.63. The number of ether oxygens (including phenoxy) is 2. The highest BCUT2D eigenvalue weighted by atomic mass is 35.5. The molecule has 0 spiro atoms. The summed E-state index contributed by atoms with van der Waals surface area (Å²) in [6, 6.07) is 20.4. The van der Waals surface area contributed by atoms with Crippen molar-refractivity contribution in [3.05, 3.63) is 94.7 Å². The maximum Gasteiger partial charge on any atom is 0.343 e. The number of para-hydroxylation sites is 2. The Hall–Kier alpha value is -4.10. The summed E-state index contributed by atoms with van der Waals surface area (Å²) in [5.74, 6) is -0.897. The highest BCUT2D eigenvalue weighted by Gasteiger charge is 2.40. The van der Waals surface area contributed by atoms with E-state index in [4.69, 9.17) is 21.1 Å². The summed E-state index contributed by atoms with van der Waals surface area (Å²) < 4.78 is 11.0. The maximum atomic E-state index is 13.1. The minimum atomic E-state index is -0.652. The first-order chi connectivity index (χ1) is 16.9. The van der Waals surface area contributed by atoms with Gasteiger partial charge in [-0.2, -0.15) is 0 Å². The van der Waals surface area contributed by atoms with Crippen LogP contribution in [0.3, 0.4) is 0 Å². The zero-order valence-corrected chi connectivity index (χ0v) is 20.0. The van der Waals surface area contributed by atoms with Crippen LogP contribution in [0.25, 0.3) is 0 Å². The van der Waals surface area contributed by atoms with E-state index >= 15 is 0 Å². The van der Waals surface area contributed by atoms with E-state index in [1.54, 1.807) is 54.6 Å². The fraction of sp³-hybridized carbons (Fsp3) is 0.148. The Labute approximate surface area is 207 Å². The molecule has 1 N–H and O–H groups in total. The van der Waals surface area contributed by atoms with Gasteiger partial charge in [-0.3, -0.25) is 9.59 Å². The van der Waals surface area contributed by atoms with E-state index in [1.807, 2.05) is 32.0 Å². The topological polar surface area (TPSA) is 84.9 Å². The average Bonchev–Trinajstić information content (AvgIpc) is 3.08. The number of benzene rings is 3. The summed E-state index contributed by atoms with van der Waals surface area (Å²) in [6.45, 7) is 4.21. The lowest BCUT2D eigenvalue weighted by Gasteiger charge is -2.18. The van der Waals surface area contributed by atoms with Crippen LogP contribution in [0.5, 0.6) is 11.5 Å². The zero-order valence-electron chi connectivity index (χ0n) is 19.2. The summed E-state index contributed by atoms with van der Waals surface area (Å²) in [5, 5.41) is 2.66. The largest absolute Gasteiger partial charge is 0.492 e. The number of anilines is 2. The number of rotatable bonds is 8. The molecule has 0 saturated heterocycles. The number of halogens is 1. The smallest absolute Gasteiger partial charge is 0.343 e. The number of amides is 2. The van der Waals surface area contributed by atoms with E-state index < -0.39 is 17.8 Å². The van der Waals surface area contributed by atoms with Gasteiger partial charge in [0.15, 0.2) is 0 Å². The van der Waals surface area contributed by atoms with Crippen molar-refractivity contribution in [3.63, 3.8) is 0 Å². The van der Waals surface area contributed by atoms with E-state index in [9.17, 15) is 14.4 Å². The molecule has 3 aromatic rings. The Morgan fingerprint density at radius 3 is 2.40 bits per heavy atom. The van der Waals surface area contributed by atoms with E-state index in [2.05, 4.69) is 5.32 Å². The van der Waals surface area contributed by atoms with Crippen LogP contribution in [0, 0.1) is 0 Å². The quantitative estimate of drug-likeness (QED) is 0.262. The van der Waals surface area contributed by atoms with E-state index in [1.165, 1.54) is 0 Å². The third-order valence-electron chi connectivity index (χ3n) is 5.34. The normalized spacial score (nSPS) is 13.3. The second kappa shape index (κ2) is 10.4. The van der Waals surface area contributed by atoms with Crippen molar-refractivity contribution in [3.8, 4) is 11.5 Å². The molecule has 1 aliphatic heterocycles. The van der Waals surface area contributed by atoms with Crippen LogP contribution < -0.4 is 19.7 Å². The minimum Gasteiger partial charge on any atom is -0.492 e. The zero-order chi connectivity index (χ0) is 24.9. The Morgan fingerprint density at radius 2 is 1.69 bits per heavy atom. The minimum absolute atomic E-state index is 0.0605. The molecular formula is C27H23ClN2O5. The third kappa shape index (κ3) is 5.05. The Balaban J connectivity index is 1.49. The molecule has 0 atom stereocenters. The van der Waals surface area contributed by atoms with Gasteiger partial charge in [0.2, 0.25) is 0 Å². The van der Waals surface area contributed by atoms with Gasteiger partial charge in [-0.1, -0.05) is 42.8 Å². The van der Waals surface area contributed by atoms with Gasteiger partial charge in [-0.05, 0) is 67.4 Å². The number of aryl methyl sites for hydroxylation is 1. The highest BCUT2D eigenvalue weighted by Crippen LogP contribution is 2.35.